The third-order valence-corrected chi connectivity index (χ3v) is 3.78. The van der Waals surface area contributed by atoms with E-state index in [1.165, 1.54) is 45.2 Å². The lowest BCUT2D eigenvalue weighted by molar-refractivity contribution is -0.940. The molecule has 2 fully saturated rings. The van der Waals surface area contributed by atoms with Gasteiger partial charge in [-0.15, -0.1) is 0 Å². The highest BCUT2D eigenvalue weighted by Crippen LogP contribution is 2.22. The third kappa shape index (κ3) is 1.86. The van der Waals surface area contributed by atoms with Crippen LogP contribution in [0.15, 0.2) is 0 Å². The summed E-state index contributed by atoms with van der Waals surface area (Å²) in [5.41, 5.74) is 0. The van der Waals surface area contributed by atoms with Gasteiger partial charge in [-0.1, -0.05) is 0 Å². The molecule has 1 N–H and O–H groups in total. The minimum Gasteiger partial charge on any atom is -0.332 e. The van der Waals surface area contributed by atoms with Crippen molar-refractivity contribution >= 4 is 0 Å². The Bertz CT molecular complexity index is 205. The van der Waals surface area contributed by atoms with Crippen LogP contribution in [0.4, 0.5) is 0 Å². The second-order valence-electron chi connectivity index (χ2n) is 4.53. The fraction of sp³-hybridized carbons (Fsp3) is 0.909. The molecule has 2 aliphatic rings. The Labute approximate surface area is 80.5 Å². The minimum atomic E-state index is 0.717. The van der Waals surface area contributed by atoms with Gasteiger partial charge in [0.05, 0.1) is 25.2 Å². The summed E-state index contributed by atoms with van der Waals surface area (Å²) < 4.78 is 0. The number of fused-ring (bicyclic) bond motifs is 1. The maximum Gasteiger partial charge on any atom is 0.0913 e. The highest BCUT2D eigenvalue weighted by molar-refractivity contribution is 4.83. The first-order chi connectivity index (χ1) is 6.42. The van der Waals surface area contributed by atoms with Gasteiger partial charge < -0.3 is 4.90 Å². The summed E-state index contributed by atoms with van der Waals surface area (Å²) in [6.45, 7) is 2.74. The summed E-state index contributed by atoms with van der Waals surface area (Å²) in [5.74, 6) is 0.717. The van der Waals surface area contributed by atoms with Crippen LogP contribution in [0.1, 0.15) is 38.5 Å². The summed E-state index contributed by atoms with van der Waals surface area (Å²) >= 11 is 0. The van der Waals surface area contributed by atoms with Crippen molar-refractivity contribution in [3.8, 4) is 6.07 Å². The highest BCUT2D eigenvalue weighted by atomic mass is 15.2. The van der Waals surface area contributed by atoms with Crippen molar-refractivity contribution in [2.75, 3.05) is 13.1 Å². The predicted molar refractivity (Wildman–Crippen MR) is 51.3 cm³/mol. The van der Waals surface area contributed by atoms with E-state index in [0.717, 1.165) is 12.5 Å². The third-order valence-electron chi connectivity index (χ3n) is 3.78. The minimum absolute atomic E-state index is 0.717. The number of hydrogen-bond acceptors (Lipinski definition) is 1. The maximum atomic E-state index is 8.75. The molecule has 0 radical (unpaired) electrons. The molecule has 13 heavy (non-hydrogen) atoms. The predicted octanol–water partition coefficient (Wildman–Crippen LogP) is 0.747. The zero-order valence-corrected chi connectivity index (χ0v) is 8.26. The maximum absolute atomic E-state index is 8.75. The van der Waals surface area contributed by atoms with E-state index in [1.807, 2.05) is 0 Å². The first kappa shape index (κ1) is 9.02. The molecule has 2 heteroatoms. The van der Waals surface area contributed by atoms with E-state index in [0.29, 0.717) is 5.92 Å². The first-order valence-corrected chi connectivity index (χ1v) is 5.63. The molecule has 0 saturated carbocycles. The monoisotopic (exact) mass is 179 g/mol. The molecule has 2 nitrogen and oxygen atoms in total. The molecule has 2 rings (SSSR count). The Hall–Kier alpha value is -0.550. The number of piperidine rings is 2. The van der Waals surface area contributed by atoms with E-state index in [2.05, 4.69) is 6.07 Å². The molecule has 0 bridgehead atoms. The quantitative estimate of drug-likeness (QED) is 0.632. The molecule has 3 atom stereocenters. The second-order valence-corrected chi connectivity index (χ2v) is 4.53. The van der Waals surface area contributed by atoms with E-state index in [9.17, 15) is 0 Å². The van der Waals surface area contributed by atoms with Gasteiger partial charge in [0.15, 0.2) is 0 Å². The normalized spacial score (nSPS) is 39.2. The molecule has 72 valence electrons. The van der Waals surface area contributed by atoms with Crippen LogP contribution in [0.2, 0.25) is 0 Å². The van der Waals surface area contributed by atoms with Crippen LogP contribution >= 0.6 is 0 Å². The lowest BCUT2D eigenvalue weighted by Gasteiger charge is -2.40. The summed E-state index contributed by atoms with van der Waals surface area (Å²) in [4.78, 5) is 1.80. The smallest absolute Gasteiger partial charge is 0.0913 e. The number of nitrogens with zero attached hydrogens (tertiary/aromatic N) is 1. The molecule has 1 unspecified atom stereocenters. The molecule has 0 aromatic carbocycles. The summed E-state index contributed by atoms with van der Waals surface area (Å²) in [5, 5.41) is 8.75. The van der Waals surface area contributed by atoms with Crippen LogP contribution in [0.5, 0.6) is 0 Å². The SMILES string of the molecule is N#CC[C@@H]1CCC[NH+]2CCCC[C@@H]12. The number of rotatable bonds is 1. The van der Waals surface area contributed by atoms with Crippen LogP contribution < -0.4 is 4.90 Å². The van der Waals surface area contributed by atoms with E-state index >= 15 is 0 Å². The second kappa shape index (κ2) is 4.11. The Kier molecular flexibility index (Phi) is 2.85. The molecular weight excluding hydrogens is 160 g/mol. The lowest BCUT2D eigenvalue weighted by Crippen LogP contribution is -3.18. The summed E-state index contributed by atoms with van der Waals surface area (Å²) in [6, 6.07) is 3.19. The molecule has 2 aliphatic heterocycles. The Morgan fingerprint density at radius 1 is 1.15 bits per heavy atom. The molecular formula is C11H19N2+. The molecule has 0 aromatic rings. The topological polar surface area (TPSA) is 28.2 Å². The highest BCUT2D eigenvalue weighted by Gasteiger charge is 2.35. The van der Waals surface area contributed by atoms with Gasteiger partial charge in [-0.05, 0) is 32.1 Å². The van der Waals surface area contributed by atoms with Crippen LogP contribution in [-0.2, 0) is 0 Å². The average Bonchev–Trinajstić information content (AvgIpc) is 2.19. The van der Waals surface area contributed by atoms with Crippen LogP contribution in [0.3, 0.4) is 0 Å². The van der Waals surface area contributed by atoms with Gasteiger partial charge in [0.25, 0.3) is 0 Å². The van der Waals surface area contributed by atoms with E-state index in [4.69, 9.17) is 5.26 Å². The molecule has 0 aliphatic carbocycles. The number of quaternary nitrogens is 1. The van der Waals surface area contributed by atoms with Crippen molar-refractivity contribution in [3.05, 3.63) is 0 Å². The summed E-state index contributed by atoms with van der Waals surface area (Å²) in [6.07, 6.45) is 7.64. The van der Waals surface area contributed by atoms with Gasteiger partial charge >= 0.3 is 0 Å². The lowest BCUT2D eigenvalue weighted by atomic mass is 9.82. The van der Waals surface area contributed by atoms with E-state index in [-0.39, 0.29) is 0 Å². The van der Waals surface area contributed by atoms with Crippen LogP contribution in [0.25, 0.3) is 0 Å². The average molecular weight is 179 g/mol. The first-order valence-electron chi connectivity index (χ1n) is 5.63. The Morgan fingerprint density at radius 2 is 2.00 bits per heavy atom. The number of nitriles is 1. The fourth-order valence-corrected chi connectivity index (χ4v) is 3.14. The zero-order valence-electron chi connectivity index (χ0n) is 8.26. The van der Waals surface area contributed by atoms with Crippen molar-refractivity contribution in [1.82, 2.24) is 0 Å². The van der Waals surface area contributed by atoms with Crippen molar-refractivity contribution < 1.29 is 4.90 Å². The largest absolute Gasteiger partial charge is 0.332 e. The summed E-state index contributed by atoms with van der Waals surface area (Å²) in [7, 11) is 0. The molecule has 0 spiro atoms. The van der Waals surface area contributed by atoms with Crippen LogP contribution in [0, 0.1) is 17.2 Å². The van der Waals surface area contributed by atoms with E-state index in [1.54, 1.807) is 4.90 Å². The zero-order chi connectivity index (χ0) is 9.10. The van der Waals surface area contributed by atoms with Crippen LogP contribution in [-0.4, -0.2) is 19.1 Å². The van der Waals surface area contributed by atoms with Gasteiger partial charge in [-0.25, -0.2) is 0 Å². The standard InChI is InChI=1S/C11H18N2/c12-7-6-10-4-3-9-13-8-2-1-5-11(10)13/h10-11H,1-6,8-9H2/p+1/t10-,11-/m0/s1. The molecule has 2 saturated heterocycles. The fourth-order valence-electron chi connectivity index (χ4n) is 3.14. The van der Waals surface area contributed by atoms with E-state index < -0.39 is 0 Å². The van der Waals surface area contributed by atoms with Gasteiger partial charge in [-0.2, -0.15) is 5.26 Å². The van der Waals surface area contributed by atoms with Gasteiger partial charge in [0.2, 0.25) is 0 Å². The molecule has 0 amide bonds. The molecule has 2 heterocycles. The number of nitrogens with one attached hydrogen (secondary N) is 1. The van der Waals surface area contributed by atoms with Gasteiger partial charge in [0.1, 0.15) is 0 Å². The Morgan fingerprint density at radius 3 is 2.85 bits per heavy atom. The molecule has 0 aromatic heterocycles. The van der Waals surface area contributed by atoms with Crippen molar-refractivity contribution in [3.63, 3.8) is 0 Å². The Balaban J connectivity index is 1.99. The van der Waals surface area contributed by atoms with Crippen molar-refractivity contribution in [2.24, 2.45) is 5.92 Å². The van der Waals surface area contributed by atoms with Gasteiger partial charge in [-0.3, -0.25) is 0 Å². The van der Waals surface area contributed by atoms with Crippen molar-refractivity contribution in [2.45, 2.75) is 44.6 Å². The van der Waals surface area contributed by atoms with Crippen molar-refractivity contribution in [1.29, 1.82) is 5.26 Å². The number of hydrogen-bond donors (Lipinski definition) is 1. The van der Waals surface area contributed by atoms with Gasteiger partial charge in [0, 0.05) is 12.3 Å².